The van der Waals surface area contributed by atoms with Gasteiger partial charge in [-0.3, -0.25) is 4.79 Å². The molecule has 2 atom stereocenters. The highest BCUT2D eigenvalue weighted by molar-refractivity contribution is 9.09. The van der Waals surface area contributed by atoms with Gasteiger partial charge in [-0.25, -0.2) is 0 Å². The van der Waals surface area contributed by atoms with Crippen LogP contribution < -0.4 is 0 Å². The lowest BCUT2D eigenvalue weighted by Crippen LogP contribution is -2.25. The predicted molar refractivity (Wildman–Crippen MR) is 55.9 cm³/mol. The van der Waals surface area contributed by atoms with Crippen molar-refractivity contribution in [3.05, 3.63) is 0 Å². The van der Waals surface area contributed by atoms with Gasteiger partial charge < -0.3 is 4.74 Å². The van der Waals surface area contributed by atoms with E-state index in [1.165, 1.54) is 25.7 Å². The van der Waals surface area contributed by atoms with Gasteiger partial charge in [-0.2, -0.15) is 0 Å². The first-order chi connectivity index (χ1) is 6.24. The summed E-state index contributed by atoms with van der Waals surface area (Å²) in [5.74, 6) is 0.453. The molecular weight excluding hydrogens is 232 g/mol. The van der Waals surface area contributed by atoms with E-state index in [2.05, 4.69) is 15.9 Å². The maximum Gasteiger partial charge on any atom is 0.305 e. The number of alkyl halides is 1. The zero-order chi connectivity index (χ0) is 9.68. The summed E-state index contributed by atoms with van der Waals surface area (Å²) in [5, 5.41) is 0. The number of halogens is 1. The van der Waals surface area contributed by atoms with E-state index in [0.29, 0.717) is 23.8 Å². The molecule has 0 spiro atoms. The highest BCUT2D eigenvalue weighted by Gasteiger charge is 2.23. The van der Waals surface area contributed by atoms with Gasteiger partial charge in [0.15, 0.2) is 0 Å². The van der Waals surface area contributed by atoms with E-state index >= 15 is 0 Å². The van der Waals surface area contributed by atoms with E-state index in [-0.39, 0.29) is 5.97 Å². The summed E-state index contributed by atoms with van der Waals surface area (Å²) in [6.45, 7) is 2.43. The topological polar surface area (TPSA) is 26.3 Å². The Morgan fingerprint density at radius 2 is 2.15 bits per heavy atom. The molecule has 1 fully saturated rings. The quantitative estimate of drug-likeness (QED) is 0.567. The second-order valence-corrected chi connectivity index (χ2v) is 4.77. The van der Waals surface area contributed by atoms with Crippen molar-refractivity contribution in [2.24, 2.45) is 5.92 Å². The normalized spacial score (nSPS) is 28.5. The molecule has 0 heterocycles. The van der Waals surface area contributed by atoms with Gasteiger partial charge in [0.25, 0.3) is 0 Å². The Bertz CT molecular complexity index is 170. The molecule has 0 aliphatic heterocycles. The van der Waals surface area contributed by atoms with Crippen molar-refractivity contribution in [1.82, 2.24) is 0 Å². The molecule has 2 nitrogen and oxygen atoms in total. The fourth-order valence-corrected chi connectivity index (χ4v) is 2.39. The van der Waals surface area contributed by atoms with Gasteiger partial charge in [0.2, 0.25) is 0 Å². The molecule has 0 aromatic heterocycles. The highest BCUT2D eigenvalue weighted by atomic mass is 79.9. The Kier molecular flexibility index (Phi) is 4.78. The number of hydrogen-bond donors (Lipinski definition) is 0. The fraction of sp³-hybridized carbons (Fsp3) is 0.900. The van der Waals surface area contributed by atoms with Crippen molar-refractivity contribution in [3.8, 4) is 0 Å². The predicted octanol–water partition coefficient (Wildman–Crippen LogP) is 2.89. The Balaban J connectivity index is 2.22. The standard InChI is InChI=1S/C10H17BrO2/c1-2-10(12)13-7-8-5-3-4-6-9(8)11/h8-9H,2-7H2,1H3. The molecule has 0 aromatic rings. The first-order valence-electron chi connectivity index (χ1n) is 5.03. The average molecular weight is 249 g/mol. The van der Waals surface area contributed by atoms with Gasteiger partial charge in [-0.05, 0) is 12.8 Å². The molecule has 0 N–H and O–H groups in total. The fourth-order valence-electron chi connectivity index (χ4n) is 1.65. The molecule has 3 heteroatoms. The third kappa shape index (κ3) is 3.67. The number of hydrogen-bond acceptors (Lipinski definition) is 2. The average Bonchev–Trinajstić information content (AvgIpc) is 2.16. The van der Waals surface area contributed by atoms with E-state index in [9.17, 15) is 4.79 Å². The lowest BCUT2D eigenvalue weighted by atomic mass is 9.90. The monoisotopic (exact) mass is 248 g/mol. The molecule has 1 aliphatic rings. The van der Waals surface area contributed by atoms with Crippen molar-refractivity contribution in [2.45, 2.75) is 43.9 Å². The van der Waals surface area contributed by atoms with Gasteiger partial charge in [0.1, 0.15) is 0 Å². The smallest absolute Gasteiger partial charge is 0.305 e. The molecule has 76 valence electrons. The Labute approximate surface area is 88.2 Å². The first kappa shape index (κ1) is 11.0. The molecule has 0 amide bonds. The minimum atomic E-state index is -0.0785. The van der Waals surface area contributed by atoms with E-state index in [1.807, 2.05) is 6.92 Å². The van der Waals surface area contributed by atoms with Crippen molar-refractivity contribution in [3.63, 3.8) is 0 Å². The zero-order valence-corrected chi connectivity index (χ0v) is 9.68. The summed E-state index contributed by atoms with van der Waals surface area (Å²) < 4.78 is 5.13. The Morgan fingerprint density at radius 3 is 2.77 bits per heavy atom. The van der Waals surface area contributed by atoms with Crippen LogP contribution in [0.1, 0.15) is 39.0 Å². The van der Waals surface area contributed by atoms with E-state index in [0.717, 1.165) is 0 Å². The molecule has 1 rings (SSSR count). The van der Waals surface area contributed by atoms with Gasteiger partial charge in [0, 0.05) is 17.2 Å². The van der Waals surface area contributed by atoms with Gasteiger partial charge in [0.05, 0.1) is 6.61 Å². The van der Waals surface area contributed by atoms with Crippen molar-refractivity contribution >= 4 is 21.9 Å². The first-order valence-corrected chi connectivity index (χ1v) is 5.95. The lowest BCUT2D eigenvalue weighted by Gasteiger charge is -2.26. The second kappa shape index (κ2) is 5.63. The number of esters is 1. The maximum absolute atomic E-state index is 10.9. The molecule has 0 aromatic carbocycles. The van der Waals surface area contributed by atoms with Crippen LogP contribution >= 0.6 is 15.9 Å². The Morgan fingerprint density at radius 1 is 1.46 bits per heavy atom. The highest BCUT2D eigenvalue weighted by Crippen LogP contribution is 2.29. The van der Waals surface area contributed by atoms with Crippen molar-refractivity contribution < 1.29 is 9.53 Å². The van der Waals surface area contributed by atoms with Crippen LogP contribution in [0.2, 0.25) is 0 Å². The molecule has 0 saturated heterocycles. The zero-order valence-electron chi connectivity index (χ0n) is 8.09. The van der Waals surface area contributed by atoms with Crippen LogP contribution in [0.3, 0.4) is 0 Å². The summed E-state index contributed by atoms with van der Waals surface area (Å²) >= 11 is 3.64. The van der Waals surface area contributed by atoms with E-state index in [1.54, 1.807) is 0 Å². The summed E-state index contributed by atoms with van der Waals surface area (Å²) in [7, 11) is 0. The summed E-state index contributed by atoms with van der Waals surface area (Å²) in [5.41, 5.74) is 0. The van der Waals surface area contributed by atoms with E-state index < -0.39 is 0 Å². The largest absolute Gasteiger partial charge is 0.465 e. The minimum Gasteiger partial charge on any atom is -0.465 e. The molecule has 0 bridgehead atoms. The number of rotatable bonds is 3. The minimum absolute atomic E-state index is 0.0785. The van der Waals surface area contributed by atoms with Crippen LogP contribution in [0.25, 0.3) is 0 Å². The van der Waals surface area contributed by atoms with Gasteiger partial charge in [-0.15, -0.1) is 0 Å². The van der Waals surface area contributed by atoms with Crippen molar-refractivity contribution in [1.29, 1.82) is 0 Å². The van der Waals surface area contributed by atoms with Gasteiger partial charge in [-0.1, -0.05) is 35.7 Å². The van der Waals surface area contributed by atoms with Gasteiger partial charge >= 0.3 is 5.97 Å². The van der Waals surface area contributed by atoms with Crippen LogP contribution in [0.15, 0.2) is 0 Å². The lowest BCUT2D eigenvalue weighted by molar-refractivity contribution is -0.144. The SMILES string of the molecule is CCC(=O)OCC1CCCCC1Br. The molecular formula is C10H17BrO2. The number of ether oxygens (including phenoxy) is 1. The van der Waals surface area contributed by atoms with Crippen LogP contribution in [-0.4, -0.2) is 17.4 Å². The number of carbonyl (C=O) groups excluding carboxylic acids is 1. The van der Waals surface area contributed by atoms with Crippen LogP contribution in [0.5, 0.6) is 0 Å². The summed E-state index contributed by atoms with van der Waals surface area (Å²) in [6.07, 6.45) is 5.46. The van der Waals surface area contributed by atoms with Crippen LogP contribution in [0, 0.1) is 5.92 Å². The van der Waals surface area contributed by atoms with Crippen LogP contribution in [-0.2, 0) is 9.53 Å². The number of carbonyl (C=O) groups is 1. The molecule has 13 heavy (non-hydrogen) atoms. The summed E-state index contributed by atoms with van der Waals surface area (Å²) in [6, 6.07) is 0. The second-order valence-electron chi connectivity index (χ2n) is 3.60. The van der Waals surface area contributed by atoms with Crippen LogP contribution in [0.4, 0.5) is 0 Å². The molecule has 1 saturated carbocycles. The third-order valence-electron chi connectivity index (χ3n) is 2.56. The maximum atomic E-state index is 10.9. The third-order valence-corrected chi connectivity index (χ3v) is 3.77. The molecule has 0 radical (unpaired) electrons. The van der Waals surface area contributed by atoms with E-state index in [4.69, 9.17) is 4.74 Å². The molecule has 1 aliphatic carbocycles. The van der Waals surface area contributed by atoms with Crippen molar-refractivity contribution in [2.75, 3.05) is 6.61 Å². The Hall–Kier alpha value is -0.0500. The molecule has 2 unspecified atom stereocenters. The summed E-state index contributed by atoms with van der Waals surface area (Å²) in [4.78, 5) is 11.5.